The fourth-order valence-corrected chi connectivity index (χ4v) is 17.7. The Morgan fingerprint density at radius 3 is 1.02 bits per heavy atom. The van der Waals surface area contributed by atoms with Gasteiger partial charge in [-0.15, -0.1) is 0 Å². The van der Waals surface area contributed by atoms with Gasteiger partial charge in [-0.2, -0.15) is 0 Å². The lowest BCUT2D eigenvalue weighted by molar-refractivity contribution is 0.617. The average Bonchev–Trinajstić information content (AvgIpc) is 1.27. The van der Waals surface area contributed by atoms with Crippen LogP contribution >= 0.6 is 0 Å². The monoisotopic (exact) mass is 1520 g/mol. The fraction of sp³-hybridized carbons (Fsp3) is 0.255. The maximum atomic E-state index is 6.32. The van der Waals surface area contributed by atoms with Crippen molar-refractivity contribution >= 4 is 0 Å². The molecule has 15 aromatic rings. The number of imidazole rings is 2. The number of aromatic nitrogens is 6. The molecular weight excluding hydrogens is 1410 g/mol. The van der Waals surface area contributed by atoms with Crippen molar-refractivity contribution in [3.8, 4) is 101 Å². The number of rotatable bonds is 24. The van der Waals surface area contributed by atoms with E-state index in [1.165, 1.54) is 106 Å². The molecule has 6 heteroatoms. The normalized spacial score (nSPS) is 13.0. The molecule has 0 N–H and O–H groups in total. The van der Waals surface area contributed by atoms with Gasteiger partial charge in [0.15, 0.2) is 0 Å². The van der Waals surface area contributed by atoms with Crippen LogP contribution in [0.5, 0.6) is 0 Å². The highest BCUT2D eigenvalue weighted by molar-refractivity contribution is 5.85. The van der Waals surface area contributed by atoms with E-state index in [2.05, 4.69) is 425 Å². The van der Waals surface area contributed by atoms with Crippen molar-refractivity contribution in [2.75, 3.05) is 0 Å². The highest BCUT2D eigenvalue weighted by atomic mass is 15.1. The van der Waals surface area contributed by atoms with Crippen molar-refractivity contribution in [2.45, 2.75) is 183 Å². The van der Waals surface area contributed by atoms with Gasteiger partial charge in [-0.1, -0.05) is 317 Å². The Kier molecular flexibility index (Phi) is 22.7. The lowest BCUT2D eigenvalue weighted by Gasteiger charge is -2.34. The topological polar surface area (TPSA) is 61.4 Å². The smallest absolute Gasteiger partial charge is 0.128 e. The van der Waals surface area contributed by atoms with Crippen LogP contribution in [-0.4, -0.2) is 29.1 Å². The Hall–Kier alpha value is -11.9. The molecule has 2 unspecified atom stereocenters. The van der Waals surface area contributed by atoms with E-state index in [1.54, 1.807) is 0 Å². The second kappa shape index (κ2) is 33.2. The summed E-state index contributed by atoms with van der Waals surface area (Å²) < 4.78 is 4.76. The molecule has 0 saturated heterocycles. The number of hydrogen-bond acceptors (Lipinski definition) is 4. The van der Waals surface area contributed by atoms with Crippen LogP contribution in [0.2, 0.25) is 0 Å². The van der Waals surface area contributed by atoms with Crippen LogP contribution in [0.3, 0.4) is 0 Å². The van der Waals surface area contributed by atoms with Crippen LogP contribution in [-0.2, 0) is 10.8 Å². The van der Waals surface area contributed by atoms with E-state index in [0.717, 1.165) is 73.2 Å². The van der Waals surface area contributed by atoms with Crippen LogP contribution in [0.25, 0.3) is 101 Å². The molecular formula is C110H112N6. The quantitative estimate of drug-likeness (QED) is 0.0605. The molecule has 4 aromatic heterocycles. The summed E-state index contributed by atoms with van der Waals surface area (Å²) >= 11 is 0. The first-order valence-corrected chi connectivity index (χ1v) is 42.2. The largest absolute Gasteiger partial charge is 0.305 e. The summed E-state index contributed by atoms with van der Waals surface area (Å²) in [6.45, 7) is 42.1. The van der Waals surface area contributed by atoms with E-state index in [0.29, 0.717) is 0 Å². The maximum absolute atomic E-state index is 6.32. The molecule has 6 nitrogen and oxygen atoms in total. The molecule has 0 radical (unpaired) electrons. The summed E-state index contributed by atoms with van der Waals surface area (Å²) in [6, 6.07) is 102. The third kappa shape index (κ3) is 15.3. The summed E-state index contributed by atoms with van der Waals surface area (Å²) in [5, 5.41) is 0. The highest BCUT2D eigenvalue weighted by Gasteiger charge is 2.41. The Morgan fingerprint density at radius 2 is 0.612 bits per heavy atom. The molecule has 2 atom stereocenters. The van der Waals surface area contributed by atoms with Crippen molar-refractivity contribution in [2.24, 2.45) is 0 Å². The Bertz CT molecular complexity index is 5860. The van der Waals surface area contributed by atoms with Crippen molar-refractivity contribution in [3.63, 3.8) is 0 Å². The van der Waals surface area contributed by atoms with Gasteiger partial charge in [0, 0.05) is 30.4 Å². The van der Waals surface area contributed by atoms with Crippen molar-refractivity contribution < 1.29 is 0 Å². The van der Waals surface area contributed by atoms with Gasteiger partial charge in [-0.3, -0.25) is 9.97 Å². The molecule has 0 aliphatic rings. The molecule has 0 aliphatic heterocycles. The van der Waals surface area contributed by atoms with E-state index in [4.69, 9.17) is 19.9 Å². The van der Waals surface area contributed by atoms with Gasteiger partial charge in [0.05, 0.1) is 51.3 Å². The Morgan fingerprint density at radius 1 is 0.259 bits per heavy atom. The van der Waals surface area contributed by atoms with E-state index >= 15 is 0 Å². The predicted molar refractivity (Wildman–Crippen MR) is 489 cm³/mol. The minimum atomic E-state index is -1.11. The second-order valence-corrected chi connectivity index (χ2v) is 34.9. The van der Waals surface area contributed by atoms with Gasteiger partial charge in [0.25, 0.3) is 0 Å². The molecule has 116 heavy (non-hydrogen) atoms. The maximum Gasteiger partial charge on any atom is 0.128 e. The summed E-state index contributed by atoms with van der Waals surface area (Å²) in [5.74, 6) is 2.37. The minimum Gasteiger partial charge on any atom is -0.305 e. The molecule has 582 valence electrons. The molecule has 0 bridgehead atoms. The molecule has 0 aliphatic carbocycles. The van der Waals surface area contributed by atoms with E-state index in [-0.39, 0.29) is 47.3 Å². The van der Waals surface area contributed by atoms with Gasteiger partial charge in [0.1, 0.15) is 5.82 Å². The zero-order valence-corrected chi connectivity index (χ0v) is 71.2. The van der Waals surface area contributed by atoms with Gasteiger partial charge in [0.2, 0.25) is 0 Å². The van der Waals surface area contributed by atoms with Gasteiger partial charge < -0.3 is 9.13 Å². The van der Waals surface area contributed by atoms with Crippen LogP contribution in [0.15, 0.2) is 304 Å². The summed E-state index contributed by atoms with van der Waals surface area (Å²) in [6.07, 6.45) is 10.6. The molecule has 0 spiro atoms. The zero-order valence-electron chi connectivity index (χ0n) is 71.2. The molecule has 0 saturated carbocycles. The molecule has 0 amide bonds. The van der Waals surface area contributed by atoms with Crippen LogP contribution in [0.1, 0.15) is 251 Å². The summed E-state index contributed by atoms with van der Waals surface area (Å²) in [5.41, 5.74) is 33.5. The third-order valence-electron chi connectivity index (χ3n) is 24.3. The molecule has 0 fully saturated rings. The Balaban J connectivity index is 1.04. The fourth-order valence-electron chi connectivity index (χ4n) is 17.7. The summed E-state index contributed by atoms with van der Waals surface area (Å²) in [7, 11) is 0. The summed E-state index contributed by atoms with van der Waals surface area (Å²) in [4.78, 5) is 23.4. The molecule has 15 rings (SSSR count). The van der Waals surface area contributed by atoms with E-state index in [1.807, 2.05) is 12.4 Å². The van der Waals surface area contributed by atoms with Crippen molar-refractivity contribution in [1.29, 1.82) is 0 Å². The number of hydrogen-bond donors (Lipinski definition) is 0. The van der Waals surface area contributed by atoms with Crippen LogP contribution in [0, 0.1) is 0 Å². The highest BCUT2D eigenvalue weighted by Crippen LogP contribution is 2.51. The first-order valence-electron chi connectivity index (χ1n) is 42.2. The van der Waals surface area contributed by atoms with E-state index < -0.39 is 10.8 Å². The van der Waals surface area contributed by atoms with Crippen LogP contribution < -0.4 is 0 Å². The standard InChI is InChI=1S/C110H112N6/c1-69(2)92-56-83(77-37-25-19-26-38-77)57-93(70(3)4)104(92)82-49-50-111-101(65-82)110(18,103-67-115(68-113-103)106-96(73(9)10)60-85(61-97(106)74(11)12)79-41-29-21-30-42-79)102-66-87(81-45-33-23-34-46-81)64-100(114-102)88-53-89(105-94(71(5)6)58-84(59-95(105)72(7)8)78-39-27-20-28-40-78)55-91(54-88)109(17,90-47-35-24-36-48-90)108-112-51-52-116(108)107-98(75(13)14)62-86(63-99(107)76(15)16)80-43-31-22-32-44-80/h19-76H,1-18H3. The zero-order chi connectivity index (χ0) is 81.4. The van der Waals surface area contributed by atoms with Gasteiger partial charge in [-0.05, 0) is 261 Å². The van der Waals surface area contributed by atoms with Crippen molar-refractivity contribution in [3.05, 3.63) is 383 Å². The minimum absolute atomic E-state index is 0.153. The van der Waals surface area contributed by atoms with Crippen molar-refractivity contribution in [1.82, 2.24) is 29.1 Å². The lowest BCUT2D eigenvalue weighted by Crippen LogP contribution is -2.30. The van der Waals surface area contributed by atoms with Crippen LogP contribution in [0.4, 0.5) is 0 Å². The average molecular weight is 1520 g/mol. The number of nitrogens with zero attached hydrogens (tertiary/aromatic N) is 6. The van der Waals surface area contributed by atoms with Gasteiger partial charge in [-0.25, -0.2) is 9.97 Å². The SMILES string of the molecule is CC(C)c1cc(-c2ccccc2)cc(C(C)C)c1-c1cc(-c2cc(-c3ccccc3)cc(C(C)(c3cc(-c4c(C(C)C)cc(-c5ccccc5)cc4C(C)C)ccn3)c3cn(-c4c(C(C)C)cc(-c5ccccc5)cc4C(C)C)cn3)n2)cc(C(C)(c2ccccc2)c2nccn2-c2c(C(C)C)cc(-c3ccccc3)cc2C(C)C)c1. The second-order valence-electron chi connectivity index (χ2n) is 34.9. The first kappa shape index (κ1) is 79.4. The first-order chi connectivity index (χ1) is 55.9. The number of benzene rings is 11. The predicted octanol–water partition coefficient (Wildman–Crippen LogP) is 29.9. The third-order valence-corrected chi connectivity index (χ3v) is 24.3. The number of pyridine rings is 2. The Labute approximate surface area is 690 Å². The van der Waals surface area contributed by atoms with E-state index in [9.17, 15) is 0 Å². The molecule has 11 aromatic carbocycles. The molecule has 4 heterocycles. The lowest BCUT2D eigenvalue weighted by atomic mass is 9.73. The van der Waals surface area contributed by atoms with Gasteiger partial charge >= 0.3 is 0 Å².